The summed E-state index contributed by atoms with van der Waals surface area (Å²) in [5, 5.41) is 4.68. The highest BCUT2D eigenvalue weighted by Crippen LogP contribution is 2.40. The van der Waals surface area contributed by atoms with E-state index in [1.165, 1.54) is 4.68 Å². The molecule has 0 aromatic carbocycles. The Morgan fingerprint density at radius 2 is 1.85 bits per heavy atom. The van der Waals surface area contributed by atoms with Gasteiger partial charge in [0.2, 0.25) is 0 Å². The van der Waals surface area contributed by atoms with Gasteiger partial charge < -0.3 is 9.64 Å². The molecule has 1 aliphatic heterocycles. The lowest BCUT2D eigenvalue weighted by atomic mass is 9.99. The summed E-state index contributed by atoms with van der Waals surface area (Å²) in [6, 6.07) is 1.74. The van der Waals surface area contributed by atoms with Crippen molar-refractivity contribution < 1.29 is 17.9 Å². The Kier molecular flexibility index (Phi) is 5.07. The van der Waals surface area contributed by atoms with Crippen molar-refractivity contribution in [3.8, 4) is 0 Å². The van der Waals surface area contributed by atoms with Crippen LogP contribution in [0.25, 0.3) is 0 Å². The zero-order valence-electron chi connectivity index (χ0n) is 16.1. The zero-order chi connectivity index (χ0) is 19.1. The molecule has 2 aliphatic rings. The Balaban J connectivity index is 1.57. The molecule has 1 aliphatic carbocycles. The molecule has 26 heavy (non-hydrogen) atoms. The normalized spacial score (nSPS) is 19.6. The predicted molar refractivity (Wildman–Crippen MR) is 97.8 cm³/mol. The summed E-state index contributed by atoms with van der Waals surface area (Å²) in [4.78, 5) is 13.8. The Labute approximate surface area is 155 Å². The zero-order valence-corrected chi connectivity index (χ0v) is 16.9. The summed E-state index contributed by atoms with van der Waals surface area (Å²) < 4.78 is 32.5. The first-order valence-electron chi connectivity index (χ1n) is 9.30. The number of hydrogen-bond acceptors (Lipinski definition) is 5. The molecule has 0 unspecified atom stereocenters. The Morgan fingerprint density at radius 3 is 2.38 bits per heavy atom. The minimum absolute atomic E-state index is 0.0537. The van der Waals surface area contributed by atoms with Crippen molar-refractivity contribution in [3.63, 3.8) is 0 Å². The number of hydrogen-bond donors (Lipinski definition) is 0. The van der Waals surface area contributed by atoms with Gasteiger partial charge >= 0.3 is 6.09 Å². The molecular formula is C18H29N3O4S. The number of aromatic nitrogens is 2. The highest BCUT2D eigenvalue weighted by molar-refractivity contribution is 7.91. The molecule has 1 aromatic heterocycles. The van der Waals surface area contributed by atoms with Gasteiger partial charge in [-0.15, -0.1) is 0 Å². The third kappa shape index (κ3) is 4.58. The number of aryl methyl sites for hydroxylation is 1. The van der Waals surface area contributed by atoms with Crippen LogP contribution in [0, 0.1) is 5.92 Å². The second kappa shape index (κ2) is 6.87. The van der Waals surface area contributed by atoms with Gasteiger partial charge in [0.15, 0.2) is 14.9 Å². The fraction of sp³-hybridized carbons (Fsp3) is 0.778. The molecule has 0 atom stereocenters. The van der Waals surface area contributed by atoms with Gasteiger partial charge in [0.05, 0.1) is 11.4 Å². The first kappa shape index (κ1) is 19.2. The van der Waals surface area contributed by atoms with Gasteiger partial charge in [-0.1, -0.05) is 0 Å². The van der Waals surface area contributed by atoms with Gasteiger partial charge in [-0.05, 0) is 58.4 Å². The van der Waals surface area contributed by atoms with Crippen molar-refractivity contribution in [3.05, 3.63) is 11.8 Å². The molecule has 1 amide bonds. The van der Waals surface area contributed by atoms with Crippen LogP contribution in [0.15, 0.2) is 11.1 Å². The molecule has 3 rings (SSSR count). The van der Waals surface area contributed by atoms with Crippen LogP contribution >= 0.6 is 0 Å². The minimum Gasteiger partial charge on any atom is -0.444 e. The molecule has 8 heteroatoms. The molecule has 1 saturated heterocycles. The van der Waals surface area contributed by atoms with E-state index in [2.05, 4.69) is 5.10 Å². The molecule has 2 fully saturated rings. The largest absolute Gasteiger partial charge is 0.444 e. The van der Waals surface area contributed by atoms with Crippen LogP contribution in [-0.2, 0) is 21.6 Å². The number of rotatable bonds is 4. The van der Waals surface area contributed by atoms with E-state index in [4.69, 9.17) is 4.74 Å². The number of carbonyl (C=O) groups excluding carboxylic acids is 1. The molecule has 146 valence electrons. The third-order valence-corrected chi connectivity index (χ3v) is 6.82. The summed E-state index contributed by atoms with van der Waals surface area (Å²) >= 11 is 0. The molecular weight excluding hydrogens is 354 g/mol. The van der Waals surface area contributed by atoms with Gasteiger partial charge in [0.25, 0.3) is 0 Å². The van der Waals surface area contributed by atoms with Crippen molar-refractivity contribution in [1.29, 1.82) is 0 Å². The van der Waals surface area contributed by atoms with Crippen LogP contribution in [0.1, 0.15) is 58.1 Å². The van der Waals surface area contributed by atoms with Gasteiger partial charge in [0, 0.05) is 26.1 Å². The first-order valence-corrected chi connectivity index (χ1v) is 10.9. The molecule has 0 spiro atoms. The van der Waals surface area contributed by atoms with E-state index >= 15 is 0 Å². The first-order chi connectivity index (χ1) is 12.0. The standard InChI is InChI=1S/C18H29N3O4S/c1-18(2,3)25-17(22)21-9-7-13(8-10-21)12-26(23,24)16-11-15(14-5-6-14)19-20(16)4/h11,13-14H,5-10,12H2,1-4H3. The second-order valence-electron chi connectivity index (χ2n) is 8.50. The van der Waals surface area contributed by atoms with Crippen LogP contribution < -0.4 is 0 Å². The SMILES string of the molecule is Cn1nc(C2CC2)cc1S(=O)(=O)CC1CCN(C(=O)OC(C)(C)C)CC1. The van der Waals surface area contributed by atoms with Crippen LogP contribution in [-0.4, -0.2) is 53.6 Å². The van der Waals surface area contributed by atoms with Crippen molar-refractivity contribution in [1.82, 2.24) is 14.7 Å². The number of likely N-dealkylation sites (tertiary alicyclic amines) is 1. The molecule has 0 N–H and O–H groups in total. The molecule has 2 heterocycles. The minimum atomic E-state index is -3.38. The summed E-state index contributed by atoms with van der Waals surface area (Å²) in [7, 11) is -1.68. The summed E-state index contributed by atoms with van der Waals surface area (Å²) in [6.07, 6.45) is 3.22. The number of nitrogens with zero attached hydrogens (tertiary/aromatic N) is 3. The molecule has 0 radical (unpaired) electrons. The van der Waals surface area contributed by atoms with Crippen molar-refractivity contribution in [2.45, 2.75) is 63.0 Å². The topological polar surface area (TPSA) is 81.5 Å². The number of carbonyl (C=O) groups is 1. The molecule has 7 nitrogen and oxygen atoms in total. The van der Waals surface area contributed by atoms with E-state index in [-0.39, 0.29) is 17.8 Å². The highest BCUT2D eigenvalue weighted by Gasteiger charge is 2.33. The maximum atomic E-state index is 12.8. The van der Waals surface area contributed by atoms with Crippen molar-refractivity contribution >= 4 is 15.9 Å². The molecule has 1 aromatic rings. The van der Waals surface area contributed by atoms with E-state index in [0.717, 1.165) is 18.5 Å². The number of piperidine rings is 1. The van der Waals surface area contributed by atoms with E-state index < -0.39 is 15.4 Å². The Hall–Kier alpha value is -1.57. The van der Waals surface area contributed by atoms with E-state index in [1.807, 2.05) is 20.8 Å². The van der Waals surface area contributed by atoms with Gasteiger partial charge in [0.1, 0.15) is 5.60 Å². The van der Waals surface area contributed by atoms with E-state index in [9.17, 15) is 13.2 Å². The fourth-order valence-electron chi connectivity index (χ4n) is 3.35. The number of ether oxygens (including phenoxy) is 1. The maximum Gasteiger partial charge on any atom is 0.410 e. The quantitative estimate of drug-likeness (QED) is 0.798. The lowest BCUT2D eigenvalue weighted by Gasteiger charge is -2.33. The average molecular weight is 384 g/mol. The lowest BCUT2D eigenvalue weighted by Crippen LogP contribution is -2.42. The monoisotopic (exact) mass is 383 g/mol. The van der Waals surface area contributed by atoms with E-state index in [0.29, 0.717) is 36.9 Å². The summed E-state index contributed by atoms with van der Waals surface area (Å²) in [5.41, 5.74) is 0.376. The van der Waals surface area contributed by atoms with Crippen LogP contribution in [0.2, 0.25) is 0 Å². The van der Waals surface area contributed by atoms with Gasteiger partial charge in [-0.25, -0.2) is 13.2 Å². The van der Waals surface area contributed by atoms with Gasteiger partial charge in [-0.2, -0.15) is 5.10 Å². The second-order valence-corrected chi connectivity index (χ2v) is 10.5. The summed E-state index contributed by atoms with van der Waals surface area (Å²) in [6.45, 7) is 6.59. The van der Waals surface area contributed by atoms with Crippen LogP contribution in [0.4, 0.5) is 4.79 Å². The lowest BCUT2D eigenvalue weighted by molar-refractivity contribution is 0.0191. The molecule has 1 saturated carbocycles. The van der Waals surface area contributed by atoms with Crippen molar-refractivity contribution in [2.75, 3.05) is 18.8 Å². The van der Waals surface area contributed by atoms with Gasteiger partial charge in [-0.3, -0.25) is 4.68 Å². The van der Waals surface area contributed by atoms with Crippen molar-refractivity contribution in [2.24, 2.45) is 13.0 Å². The maximum absolute atomic E-state index is 12.8. The Morgan fingerprint density at radius 1 is 1.23 bits per heavy atom. The highest BCUT2D eigenvalue weighted by atomic mass is 32.2. The van der Waals surface area contributed by atoms with Crippen LogP contribution in [0.5, 0.6) is 0 Å². The smallest absolute Gasteiger partial charge is 0.410 e. The summed E-state index contributed by atoms with van der Waals surface area (Å²) in [5.74, 6) is 0.596. The molecule has 0 bridgehead atoms. The van der Waals surface area contributed by atoms with E-state index in [1.54, 1.807) is 18.0 Å². The number of amides is 1. The predicted octanol–water partition coefficient (Wildman–Crippen LogP) is 2.72. The Bertz CT molecular complexity index is 767. The van der Waals surface area contributed by atoms with Crippen LogP contribution in [0.3, 0.4) is 0 Å². The fourth-order valence-corrected chi connectivity index (χ4v) is 5.21. The average Bonchev–Trinajstić information content (AvgIpc) is 3.28. The third-order valence-electron chi connectivity index (χ3n) is 4.89. The number of sulfone groups is 1.